The lowest BCUT2D eigenvalue weighted by Crippen LogP contribution is -2.43. The third-order valence-corrected chi connectivity index (χ3v) is 4.33. The number of carbonyl (C=O) groups excluding carboxylic acids is 2. The molecule has 0 bridgehead atoms. The Morgan fingerprint density at radius 2 is 1.74 bits per heavy atom. The summed E-state index contributed by atoms with van der Waals surface area (Å²) in [5.41, 5.74) is 1.22. The maximum absolute atomic E-state index is 12.7. The molecule has 0 saturated carbocycles. The fraction of sp³-hybridized carbons (Fsp3) is 0.292. The van der Waals surface area contributed by atoms with E-state index in [2.05, 4.69) is 5.32 Å². The number of hydrogen-bond acceptors (Lipinski definition) is 6. The standard InChI is InChI=1S/C24H25NO6/c1-14-11-18-21(17(13-20(26)29-18)16-9-7-6-8-10-16)19(12-14)30-22(27)15(2)25-23(28)31-24(3,4)5/h6-13,15H,1-5H3,(H,25,28). The first kappa shape index (κ1) is 22.1. The van der Waals surface area contributed by atoms with Crippen LogP contribution in [0.1, 0.15) is 33.3 Å². The molecule has 2 aromatic carbocycles. The fourth-order valence-electron chi connectivity index (χ4n) is 3.06. The number of aryl methyl sites for hydroxylation is 1. The normalized spacial score (nSPS) is 12.3. The summed E-state index contributed by atoms with van der Waals surface area (Å²) in [5, 5.41) is 2.96. The highest BCUT2D eigenvalue weighted by Gasteiger charge is 2.24. The van der Waals surface area contributed by atoms with E-state index in [9.17, 15) is 14.4 Å². The summed E-state index contributed by atoms with van der Waals surface area (Å²) in [4.78, 5) is 36.8. The van der Waals surface area contributed by atoms with Crippen molar-refractivity contribution in [3.05, 3.63) is 64.5 Å². The Morgan fingerprint density at radius 1 is 1.06 bits per heavy atom. The number of alkyl carbamates (subject to hydrolysis) is 1. The molecule has 162 valence electrons. The zero-order chi connectivity index (χ0) is 22.8. The minimum Gasteiger partial charge on any atom is -0.444 e. The fourth-order valence-corrected chi connectivity index (χ4v) is 3.06. The molecule has 1 heterocycles. The molecule has 1 N–H and O–H groups in total. The first-order valence-electron chi connectivity index (χ1n) is 9.88. The largest absolute Gasteiger partial charge is 0.444 e. The van der Waals surface area contributed by atoms with E-state index in [-0.39, 0.29) is 5.75 Å². The molecule has 0 spiro atoms. The molecule has 0 fully saturated rings. The zero-order valence-corrected chi connectivity index (χ0v) is 18.1. The highest BCUT2D eigenvalue weighted by molar-refractivity contribution is 5.99. The minimum absolute atomic E-state index is 0.237. The summed E-state index contributed by atoms with van der Waals surface area (Å²) in [6, 6.07) is 13.1. The summed E-state index contributed by atoms with van der Waals surface area (Å²) < 4.78 is 16.2. The quantitative estimate of drug-likeness (QED) is 0.375. The molecule has 7 heteroatoms. The number of ether oxygens (including phenoxy) is 2. The van der Waals surface area contributed by atoms with Crippen molar-refractivity contribution in [1.29, 1.82) is 0 Å². The predicted octanol–water partition coefficient (Wildman–Crippen LogP) is 4.59. The molecule has 31 heavy (non-hydrogen) atoms. The van der Waals surface area contributed by atoms with Gasteiger partial charge in [0.15, 0.2) is 0 Å². The third kappa shape index (κ3) is 5.51. The Kier molecular flexibility index (Phi) is 6.15. The van der Waals surface area contributed by atoms with Crippen LogP contribution in [0.5, 0.6) is 5.75 Å². The van der Waals surface area contributed by atoms with Crippen molar-refractivity contribution in [2.45, 2.75) is 46.3 Å². The van der Waals surface area contributed by atoms with Crippen molar-refractivity contribution in [3.8, 4) is 16.9 Å². The molecule has 0 aliphatic heterocycles. The molecule has 1 unspecified atom stereocenters. The number of benzene rings is 2. The summed E-state index contributed by atoms with van der Waals surface area (Å²) in [5.74, 6) is -0.441. The summed E-state index contributed by atoms with van der Waals surface area (Å²) in [6.07, 6.45) is -0.720. The third-order valence-electron chi connectivity index (χ3n) is 4.33. The van der Waals surface area contributed by atoms with Gasteiger partial charge in [-0.3, -0.25) is 0 Å². The second-order valence-electron chi connectivity index (χ2n) is 8.27. The van der Waals surface area contributed by atoms with Gasteiger partial charge >= 0.3 is 17.7 Å². The predicted molar refractivity (Wildman–Crippen MR) is 117 cm³/mol. The topological polar surface area (TPSA) is 94.8 Å². The van der Waals surface area contributed by atoms with Crippen molar-refractivity contribution in [2.75, 3.05) is 0 Å². The monoisotopic (exact) mass is 423 g/mol. The second kappa shape index (κ2) is 8.63. The van der Waals surface area contributed by atoms with E-state index in [1.54, 1.807) is 39.8 Å². The summed E-state index contributed by atoms with van der Waals surface area (Å²) in [7, 11) is 0. The van der Waals surface area contributed by atoms with Crippen molar-refractivity contribution in [1.82, 2.24) is 5.32 Å². The Labute approximate surface area is 180 Å². The highest BCUT2D eigenvalue weighted by atomic mass is 16.6. The number of nitrogens with one attached hydrogen (secondary N) is 1. The van der Waals surface area contributed by atoms with Gasteiger partial charge in [0.05, 0.1) is 5.39 Å². The Balaban J connectivity index is 1.98. The number of esters is 1. The van der Waals surface area contributed by atoms with Crippen LogP contribution in [0.15, 0.2) is 57.7 Å². The SMILES string of the molecule is Cc1cc(OC(=O)C(C)NC(=O)OC(C)(C)C)c2c(-c3ccccc3)cc(=O)oc2c1. The number of hydrogen-bond donors (Lipinski definition) is 1. The van der Waals surface area contributed by atoms with Gasteiger partial charge in [-0.2, -0.15) is 0 Å². The number of amides is 1. The van der Waals surface area contributed by atoms with Crippen molar-refractivity contribution < 1.29 is 23.5 Å². The maximum atomic E-state index is 12.7. The van der Waals surface area contributed by atoms with E-state index >= 15 is 0 Å². The van der Waals surface area contributed by atoms with Crippen LogP contribution in [0.25, 0.3) is 22.1 Å². The van der Waals surface area contributed by atoms with Gasteiger partial charge < -0.3 is 19.2 Å². The van der Waals surface area contributed by atoms with Crippen molar-refractivity contribution in [2.24, 2.45) is 0 Å². The van der Waals surface area contributed by atoms with Crippen LogP contribution < -0.4 is 15.7 Å². The average molecular weight is 423 g/mol. The number of rotatable bonds is 4. The van der Waals surface area contributed by atoms with E-state index in [0.717, 1.165) is 11.1 Å². The maximum Gasteiger partial charge on any atom is 0.408 e. The van der Waals surface area contributed by atoms with Crippen molar-refractivity contribution in [3.63, 3.8) is 0 Å². The van der Waals surface area contributed by atoms with Gasteiger partial charge in [-0.15, -0.1) is 0 Å². The van der Waals surface area contributed by atoms with Crippen LogP contribution in [0.4, 0.5) is 4.79 Å². The van der Waals surface area contributed by atoms with Gasteiger partial charge in [0.2, 0.25) is 0 Å². The van der Waals surface area contributed by atoms with Crippen molar-refractivity contribution >= 4 is 23.0 Å². The van der Waals surface area contributed by atoms with Gasteiger partial charge in [0.25, 0.3) is 0 Å². The molecule has 0 aliphatic rings. The molecular weight excluding hydrogens is 398 g/mol. The molecule has 1 amide bonds. The van der Waals surface area contributed by atoms with E-state index in [1.165, 1.54) is 13.0 Å². The lowest BCUT2D eigenvalue weighted by molar-refractivity contribution is -0.136. The zero-order valence-electron chi connectivity index (χ0n) is 18.1. The molecule has 3 rings (SSSR count). The molecule has 7 nitrogen and oxygen atoms in total. The molecule has 0 saturated heterocycles. The smallest absolute Gasteiger partial charge is 0.408 e. The minimum atomic E-state index is -0.957. The lowest BCUT2D eigenvalue weighted by atomic mass is 10.0. The molecule has 1 atom stereocenters. The van der Waals surface area contributed by atoms with E-state index < -0.39 is 29.3 Å². The Hall–Kier alpha value is -3.61. The first-order valence-corrected chi connectivity index (χ1v) is 9.88. The molecule has 3 aromatic rings. The van der Waals surface area contributed by atoms with Gasteiger partial charge in [-0.1, -0.05) is 30.3 Å². The van der Waals surface area contributed by atoms with Gasteiger partial charge in [-0.25, -0.2) is 14.4 Å². The van der Waals surface area contributed by atoms with Gasteiger partial charge in [0.1, 0.15) is 23.0 Å². The number of carbonyl (C=O) groups is 2. The molecule has 1 aromatic heterocycles. The molecule has 0 radical (unpaired) electrons. The van der Waals surface area contributed by atoms with E-state index in [1.807, 2.05) is 30.3 Å². The van der Waals surface area contributed by atoms with Gasteiger partial charge in [-0.05, 0) is 57.9 Å². The summed E-state index contributed by atoms with van der Waals surface area (Å²) in [6.45, 7) is 8.49. The van der Waals surface area contributed by atoms with E-state index in [0.29, 0.717) is 16.5 Å². The Bertz CT molecular complexity index is 1170. The van der Waals surface area contributed by atoms with Crippen LogP contribution in [0.3, 0.4) is 0 Å². The number of fused-ring (bicyclic) bond motifs is 1. The van der Waals surface area contributed by atoms with Crippen LogP contribution >= 0.6 is 0 Å². The highest BCUT2D eigenvalue weighted by Crippen LogP contribution is 2.35. The van der Waals surface area contributed by atoms with Crippen LogP contribution in [0, 0.1) is 6.92 Å². The molecular formula is C24H25NO6. The summed E-state index contributed by atoms with van der Waals surface area (Å²) >= 11 is 0. The lowest BCUT2D eigenvalue weighted by Gasteiger charge is -2.21. The molecule has 0 aliphatic carbocycles. The van der Waals surface area contributed by atoms with Crippen LogP contribution in [0.2, 0.25) is 0 Å². The van der Waals surface area contributed by atoms with E-state index in [4.69, 9.17) is 13.9 Å². The van der Waals surface area contributed by atoms with Crippen LogP contribution in [-0.4, -0.2) is 23.7 Å². The second-order valence-corrected chi connectivity index (χ2v) is 8.27. The van der Waals surface area contributed by atoms with Gasteiger partial charge in [0, 0.05) is 11.6 Å². The van der Waals surface area contributed by atoms with Crippen LogP contribution in [-0.2, 0) is 9.53 Å². The average Bonchev–Trinajstić information content (AvgIpc) is 2.65. The Morgan fingerprint density at radius 3 is 2.39 bits per heavy atom. The first-order chi connectivity index (χ1) is 14.5.